The predicted octanol–water partition coefficient (Wildman–Crippen LogP) is 3.76. The van der Waals surface area contributed by atoms with E-state index < -0.39 is 20.6 Å². The summed E-state index contributed by atoms with van der Waals surface area (Å²) in [5.74, 6) is 0. The van der Waals surface area contributed by atoms with Crippen LogP contribution in [-0.4, -0.2) is 49.7 Å². The van der Waals surface area contributed by atoms with Crippen LogP contribution in [0.4, 0.5) is 11.4 Å². The van der Waals surface area contributed by atoms with Crippen molar-refractivity contribution < 1.29 is 18.1 Å². The van der Waals surface area contributed by atoms with E-state index in [2.05, 4.69) is 10.5 Å². The van der Waals surface area contributed by atoms with Gasteiger partial charge in [0, 0.05) is 34.8 Å². The molecule has 0 atom stereocenters. The van der Waals surface area contributed by atoms with E-state index in [0.717, 1.165) is 6.07 Å². The minimum absolute atomic E-state index is 0.0402. The van der Waals surface area contributed by atoms with Gasteiger partial charge in [0.1, 0.15) is 5.69 Å². The summed E-state index contributed by atoms with van der Waals surface area (Å²) in [7, 11) is -3.87. The highest BCUT2D eigenvalue weighted by Crippen LogP contribution is 2.30. The van der Waals surface area contributed by atoms with E-state index in [9.17, 15) is 18.5 Å². The fraction of sp³-hybridized carbons (Fsp3) is 0.278. The fourth-order valence-electron chi connectivity index (χ4n) is 2.83. The standard InChI is InChI=1S/C18H18Cl2N4O5S/c1-12(15-10-13(19)2-4-16(15)20)21-22-17-5-3-14(11-18(17)24(25)26)30(27,28)23-6-8-29-9-7-23/h2-5,10-11,22H,6-9H2,1H3. The number of benzene rings is 2. The molecule has 1 saturated heterocycles. The second-order valence-electron chi connectivity index (χ2n) is 6.39. The number of nitrogens with zero attached hydrogens (tertiary/aromatic N) is 3. The van der Waals surface area contributed by atoms with E-state index in [1.165, 1.54) is 16.4 Å². The van der Waals surface area contributed by atoms with Gasteiger partial charge >= 0.3 is 0 Å². The highest BCUT2D eigenvalue weighted by molar-refractivity contribution is 7.89. The smallest absolute Gasteiger partial charge is 0.295 e. The molecule has 12 heteroatoms. The van der Waals surface area contributed by atoms with Gasteiger partial charge in [-0.2, -0.15) is 9.41 Å². The number of rotatable bonds is 6. The average Bonchev–Trinajstić information content (AvgIpc) is 2.74. The molecule has 30 heavy (non-hydrogen) atoms. The molecule has 0 radical (unpaired) electrons. The van der Waals surface area contributed by atoms with Gasteiger partial charge in [0.25, 0.3) is 5.69 Å². The molecule has 1 N–H and O–H groups in total. The van der Waals surface area contributed by atoms with Crippen molar-refractivity contribution in [1.29, 1.82) is 0 Å². The average molecular weight is 473 g/mol. The van der Waals surface area contributed by atoms with Gasteiger partial charge in [-0.15, -0.1) is 0 Å². The number of anilines is 1. The lowest BCUT2D eigenvalue weighted by Crippen LogP contribution is -2.40. The molecule has 0 saturated carbocycles. The van der Waals surface area contributed by atoms with Crippen LogP contribution in [0.2, 0.25) is 10.0 Å². The number of hydrazone groups is 1. The maximum absolute atomic E-state index is 12.8. The van der Waals surface area contributed by atoms with E-state index in [4.69, 9.17) is 27.9 Å². The van der Waals surface area contributed by atoms with E-state index in [-0.39, 0.29) is 36.9 Å². The van der Waals surface area contributed by atoms with Gasteiger partial charge in [-0.3, -0.25) is 15.5 Å². The SMILES string of the molecule is CC(=NNc1ccc(S(=O)(=O)N2CCOCC2)cc1[N+](=O)[O-])c1cc(Cl)ccc1Cl. The topological polar surface area (TPSA) is 114 Å². The van der Waals surface area contributed by atoms with Gasteiger partial charge in [0.2, 0.25) is 10.0 Å². The van der Waals surface area contributed by atoms with Gasteiger partial charge in [-0.1, -0.05) is 23.2 Å². The summed E-state index contributed by atoms with van der Waals surface area (Å²) in [5, 5.41) is 16.6. The molecular formula is C18H18Cl2N4O5S. The molecule has 1 heterocycles. The van der Waals surface area contributed by atoms with E-state index in [1.807, 2.05) is 0 Å². The Labute approximate surface area is 183 Å². The summed E-state index contributed by atoms with van der Waals surface area (Å²) in [4.78, 5) is 10.7. The summed E-state index contributed by atoms with van der Waals surface area (Å²) in [6.07, 6.45) is 0. The van der Waals surface area contributed by atoms with Crippen LogP contribution in [-0.2, 0) is 14.8 Å². The third-order valence-corrected chi connectivity index (χ3v) is 6.90. The summed E-state index contributed by atoms with van der Waals surface area (Å²) in [6, 6.07) is 8.50. The molecule has 0 aliphatic carbocycles. The zero-order chi connectivity index (χ0) is 21.9. The normalized spacial score (nSPS) is 15.8. The predicted molar refractivity (Wildman–Crippen MR) is 115 cm³/mol. The Morgan fingerprint density at radius 2 is 1.90 bits per heavy atom. The van der Waals surface area contributed by atoms with Gasteiger partial charge in [0.05, 0.1) is 28.7 Å². The first kappa shape index (κ1) is 22.4. The Hall–Kier alpha value is -2.24. The highest BCUT2D eigenvalue weighted by atomic mass is 35.5. The van der Waals surface area contributed by atoms with E-state index in [0.29, 0.717) is 21.3 Å². The lowest BCUT2D eigenvalue weighted by Gasteiger charge is -2.26. The molecule has 2 aromatic carbocycles. The van der Waals surface area contributed by atoms with Gasteiger partial charge in [-0.25, -0.2) is 8.42 Å². The Bertz CT molecular complexity index is 1100. The third kappa shape index (κ3) is 4.90. The first-order valence-electron chi connectivity index (χ1n) is 8.82. The Balaban J connectivity index is 1.90. The summed E-state index contributed by atoms with van der Waals surface area (Å²) in [5.41, 5.74) is 3.24. The Kier molecular flexibility index (Phi) is 6.94. The minimum Gasteiger partial charge on any atom is -0.379 e. The number of sulfonamides is 1. The molecule has 3 rings (SSSR count). The second kappa shape index (κ2) is 9.27. The molecule has 1 aliphatic rings. The zero-order valence-electron chi connectivity index (χ0n) is 15.8. The quantitative estimate of drug-likeness (QED) is 0.388. The molecule has 0 bridgehead atoms. The van der Waals surface area contributed by atoms with Crippen molar-refractivity contribution in [3.8, 4) is 0 Å². The van der Waals surface area contributed by atoms with Crippen molar-refractivity contribution in [3.63, 3.8) is 0 Å². The van der Waals surface area contributed by atoms with Crippen molar-refractivity contribution in [1.82, 2.24) is 4.31 Å². The minimum atomic E-state index is -3.87. The monoisotopic (exact) mass is 472 g/mol. The van der Waals surface area contributed by atoms with Crippen LogP contribution in [0.15, 0.2) is 46.4 Å². The van der Waals surface area contributed by atoms with Crippen LogP contribution in [0.3, 0.4) is 0 Å². The fourth-order valence-corrected chi connectivity index (χ4v) is 4.69. The molecule has 1 fully saturated rings. The second-order valence-corrected chi connectivity index (χ2v) is 9.17. The first-order chi connectivity index (χ1) is 14.2. The number of hydrogen-bond acceptors (Lipinski definition) is 7. The number of nitro groups is 1. The molecule has 1 aliphatic heterocycles. The number of morpholine rings is 1. The summed E-state index contributed by atoms with van der Waals surface area (Å²) >= 11 is 12.1. The Morgan fingerprint density at radius 1 is 1.20 bits per heavy atom. The number of nitrogens with one attached hydrogen (secondary N) is 1. The maximum Gasteiger partial charge on any atom is 0.295 e. The summed E-state index contributed by atoms with van der Waals surface area (Å²) < 4.78 is 31.9. The van der Waals surface area contributed by atoms with E-state index in [1.54, 1.807) is 25.1 Å². The van der Waals surface area contributed by atoms with Gasteiger partial charge < -0.3 is 4.74 Å². The van der Waals surface area contributed by atoms with Crippen LogP contribution < -0.4 is 5.43 Å². The van der Waals surface area contributed by atoms with Crippen molar-refractivity contribution in [3.05, 3.63) is 62.1 Å². The number of nitro benzene ring substituents is 1. The molecule has 0 unspecified atom stereocenters. The van der Waals surface area contributed by atoms with Crippen molar-refractivity contribution in [2.75, 3.05) is 31.7 Å². The molecule has 9 nitrogen and oxygen atoms in total. The zero-order valence-corrected chi connectivity index (χ0v) is 18.2. The van der Waals surface area contributed by atoms with Crippen LogP contribution >= 0.6 is 23.2 Å². The first-order valence-corrected chi connectivity index (χ1v) is 11.0. The van der Waals surface area contributed by atoms with Crippen LogP contribution in [0.5, 0.6) is 0 Å². The molecule has 160 valence electrons. The van der Waals surface area contributed by atoms with Crippen LogP contribution in [0.25, 0.3) is 0 Å². The van der Waals surface area contributed by atoms with Gasteiger partial charge in [0.15, 0.2) is 0 Å². The molecule has 0 amide bonds. The number of hydrogen-bond donors (Lipinski definition) is 1. The molecular weight excluding hydrogens is 455 g/mol. The van der Waals surface area contributed by atoms with Crippen molar-refractivity contribution >= 4 is 50.3 Å². The maximum atomic E-state index is 12.8. The van der Waals surface area contributed by atoms with Crippen molar-refractivity contribution in [2.24, 2.45) is 5.10 Å². The number of ether oxygens (including phenoxy) is 1. The van der Waals surface area contributed by atoms with Crippen LogP contribution in [0, 0.1) is 10.1 Å². The van der Waals surface area contributed by atoms with Gasteiger partial charge in [-0.05, 0) is 37.3 Å². The Morgan fingerprint density at radius 3 is 2.57 bits per heavy atom. The molecule has 0 aromatic heterocycles. The molecule has 2 aromatic rings. The summed E-state index contributed by atoms with van der Waals surface area (Å²) in [6.45, 7) is 2.61. The highest BCUT2D eigenvalue weighted by Gasteiger charge is 2.28. The number of halogens is 2. The van der Waals surface area contributed by atoms with Crippen molar-refractivity contribution in [2.45, 2.75) is 11.8 Å². The third-order valence-electron chi connectivity index (χ3n) is 4.44. The van der Waals surface area contributed by atoms with Crippen LogP contribution in [0.1, 0.15) is 12.5 Å². The largest absolute Gasteiger partial charge is 0.379 e. The lowest BCUT2D eigenvalue weighted by atomic mass is 10.1. The molecule has 0 spiro atoms. The van der Waals surface area contributed by atoms with E-state index >= 15 is 0 Å². The lowest BCUT2D eigenvalue weighted by molar-refractivity contribution is -0.384.